The van der Waals surface area contributed by atoms with E-state index in [2.05, 4.69) is 21.2 Å². The summed E-state index contributed by atoms with van der Waals surface area (Å²) >= 11 is 4.87. The lowest BCUT2D eigenvalue weighted by Gasteiger charge is -2.19. The molecule has 18 heavy (non-hydrogen) atoms. The van der Waals surface area contributed by atoms with Crippen molar-refractivity contribution in [3.05, 3.63) is 28.7 Å². The number of carbonyl (C=O) groups is 1. The summed E-state index contributed by atoms with van der Waals surface area (Å²) in [5.41, 5.74) is 0. The Balaban J connectivity index is 2.35. The van der Waals surface area contributed by atoms with Crippen LogP contribution in [0.3, 0.4) is 0 Å². The molecule has 0 saturated heterocycles. The highest BCUT2D eigenvalue weighted by Crippen LogP contribution is 2.20. The van der Waals surface area contributed by atoms with Gasteiger partial charge in [-0.15, -0.1) is 11.8 Å². The van der Waals surface area contributed by atoms with Crippen molar-refractivity contribution in [3.8, 4) is 0 Å². The first-order valence-electron chi connectivity index (χ1n) is 5.81. The molecule has 0 fully saturated rings. The van der Waals surface area contributed by atoms with Crippen LogP contribution in [0, 0.1) is 5.92 Å². The van der Waals surface area contributed by atoms with Crippen LogP contribution in [0.15, 0.2) is 33.6 Å². The molecule has 0 aromatic heterocycles. The van der Waals surface area contributed by atoms with Crippen molar-refractivity contribution in [2.45, 2.75) is 24.8 Å². The van der Waals surface area contributed by atoms with Gasteiger partial charge in [0.05, 0.1) is 5.75 Å². The Bertz CT molecular complexity index is 383. The number of benzene rings is 1. The Morgan fingerprint density at radius 1 is 1.39 bits per heavy atom. The normalized spacial score (nSPS) is 14.0. The van der Waals surface area contributed by atoms with Gasteiger partial charge in [-0.3, -0.25) is 4.79 Å². The molecule has 3 nitrogen and oxygen atoms in total. The zero-order valence-electron chi connectivity index (χ0n) is 10.5. The highest BCUT2D eigenvalue weighted by Gasteiger charge is 2.13. The van der Waals surface area contributed by atoms with Crippen molar-refractivity contribution < 1.29 is 9.90 Å². The highest BCUT2D eigenvalue weighted by atomic mass is 79.9. The van der Waals surface area contributed by atoms with E-state index in [9.17, 15) is 4.79 Å². The summed E-state index contributed by atoms with van der Waals surface area (Å²) in [5, 5.41) is 11.9. The monoisotopic (exact) mass is 331 g/mol. The molecule has 0 radical (unpaired) electrons. The number of thioether (sulfide) groups is 1. The molecule has 0 heterocycles. The molecule has 1 aromatic carbocycles. The molecule has 0 spiro atoms. The minimum Gasteiger partial charge on any atom is -0.396 e. The second-order valence-electron chi connectivity index (χ2n) is 4.26. The van der Waals surface area contributed by atoms with Gasteiger partial charge in [0.2, 0.25) is 5.91 Å². The Kier molecular flexibility index (Phi) is 6.75. The van der Waals surface area contributed by atoms with Gasteiger partial charge in [-0.25, -0.2) is 0 Å². The van der Waals surface area contributed by atoms with Crippen LogP contribution in [0.25, 0.3) is 0 Å². The molecule has 0 bridgehead atoms. The maximum absolute atomic E-state index is 11.7. The fourth-order valence-corrected chi connectivity index (χ4v) is 2.25. The van der Waals surface area contributed by atoms with E-state index in [1.54, 1.807) is 0 Å². The molecule has 1 aromatic rings. The van der Waals surface area contributed by atoms with Gasteiger partial charge in [0.15, 0.2) is 0 Å². The summed E-state index contributed by atoms with van der Waals surface area (Å²) in [6.07, 6.45) is 0. The largest absolute Gasteiger partial charge is 0.396 e. The van der Waals surface area contributed by atoms with Crippen molar-refractivity contribution in [1.82, 2.24) is 5.32 Å². The zero-order chi connectivity index (χ0) is 13.5. The zero-order valence-corrected chi connectivity index (χ0v) is 12.9. The van der Waals surface area contributed by atoms with E-state index in [0.717, 1.165) is 9.37 Å². The highest BCUT2D eigenvalue weighted by molar-refractivity contribution is 9.10. The molecule has 2 N–H and O–H groups in total. The quantitative estimate of drug-likeness (QED) is 0.788. The van der Waals surface area contributed by atoms with E-state index >= 15 is 0 Å². The van der Waals surface area contributed by atoms with Crippen LogP contribution in [-0.4, -0.2) is 29.4 Å². The molecule has 100 valence electrons. The van der Waals surface area contributed by atoms with Crippen molar-refractivity contribution in [2.24, 2.45) is 5.92 Å². The summed E-state index contributed by atoms with van der Waals surface area (Å²) in [5.74, 6) is 0.465. The first-order valence-corrected chi connectivity index (χ1v) is 7.59. The van der Waals surface area contributed by atoms with Gasteiger partial charge in [-0.2, -0.15) is 0 Å². The lowest BCUT2D eigenvalue weighted by molar-refractivity contribution is -0.119. The van der Waals surface area contributed by atoms with Crippen molar-refractivity contribution in [3.63, 3.8) is 0 Å². The van der Waals surface area contributed by atoms with Gasteiger partial charge in [-0.05, 0) is 37.1 Å². The number of carbonyl (C=O) groups excluding carboxylic acids is 1. The number of rotatable bonds is 6. The van der Waals surface area contributed by atoms with Crippen LogP contribution < -0.4 is 5.32 Å². The third kappa shape index (κ3) is 5.42. The molecule has 5 heteroatoms. The average Bonchev–Trinajstić information content (AvgIpc) is 2.37. The third-order valence-electron chi connectivity index (χ3n) is 2.71. The van der Waals surface area contributed by atoms with Crippen LogP contribution >= 0.6 is 27.7 Å². The van der Waals surface area contributed by atoms with E-state index in [4.69, 9.17) is 5.11 Å². The Hall–Kier alpha value is -0.520. The fourth-order valence-electron chi connectivity index (χ4n) is 1.28. The molecular formula is C13H18BrNO2S. The van der Waals surface area contributed by atoms with Crippen LogP contribution in [0.2, 0.25) is 0 Å². The van der Waals surface area contributed by atoms with Gasteiger partial charge >= 0.3 is 0 Å². The topological polar surface area (TPSA) is 49.3 Å². The molecule has 2 atom stereocenters. The molecule has 0 saturated carbocycles. The second-order valence-corrected chi connectivity index (χ2v) is 6.22. The fraction of sp³-hybridized carbons (Fsp3) is 0.462. The van der Waals surface area contributed by atoms with Crippen molar-refractivity contribution >= 4 is 33.6 Å². The summed E-state index contributed by atoms with van der Waals surface area (Å²) in [6.45, 7) is 3.90. The number of halogens is 1. The summed E-state index contributed by atoms with van der Waals surface area (Å²) < 4.78 is 1.03. The smallest absolute Gasteiger partial charge is 0.230 e. The van der Waals surface area contributed by atoms with Crippen LogP contribution in [-0.2, 0) is 4.79 Å². The number of hydrogen-bond acceptors (Lipinski definition) is 3. The molecular weight excluding hydrogens is 314 g/mol. The second kappa shape index (κ2) is 7.81. The molecule has 1 rings (SSSR count). The van der Waals surface area contributed by atoms with E-state index in [-0.39, 0.29) is 24.5 Å². The number of amides is 1. The minimum atomic E-state index is -0.00646. The van der Waals surface area contributed by atoms with E-state index in [0.29, 0.717) is 5.75 Å². The van der Waals surface area contributed by atoms with Gasteiger partial charge < -0.3 is 10.4 Å². The number of aliphatic hydroxyl groups excluding tert-OH is 1. The summed E-state index contributed by atoms with van der Waals surface area (Å²) in [6, 6.07) is 7.85. The van der Waals surface area contributed by atoms with Gasteiger partial charge in [0, 0.05) is 22.0 Å². The summed E-state index contributed by atoms with van der Waals surface area (Å²) in [7, 11) is 0. The molecule has 0 aliphatic rings. The average molecular weight is 332 g/mol. The molecule has 0 aliphatic heterocycles. The van der Waals surface area contributed by atoms with E-state index in [1.807, 2.05) is 38.1 Å². The van der Waals surface area contributed by atoms with E-state index < -0.39 is 0 Å². The predicted octanol–water partition coefficient (Wildman–Crippen LogP) is 2.67. The Morgan fingerprint density at radius 3 is 2.56 bits per heavy atom. The first-order chi connectivity index (χ1) is 8.52. The third-order valence-corrected chi connectivity index (χ3v) is 4.25. The maximum Gasteiger partial charge on any atom is 0.230 e. The minimum absolute atomic E-state index is 0.00396. The first kappa shape index (κ1) is 15.5. The van der Waals surface area contributed by atoms with Crippen molar-refractivity contribution in [1.29, 1.82) is 0 Å². The standard InChI is InChI=1S/C13H18BrNO2S/c1-9(7-16)10(2)15-13(17)8-18-12-5-3-11(14)4-6-12/h3-6,9-10,16H,7-8H2,1-2H3,(H,15,17). The van der Waals surface area contributed by atoms with Gasteiger partial charge in [0.25, 0.3) is 0 Å². The lowest BCUT2D eigenvalue weighted by atomic mass is 10.1. The van der Waals surface area contributed by atoms with Gasteiger partial charge in [0.1, 0.15) is 0 Å². The molecule has 2 unspecified atom stereocenters. The van der Waals surface area contributed by atoms with E-state index in [1.165, 1.54) is 11.8 Å². The Morgan fingerprint density at radius 2 is 2.00 bits per heavy atom. The number of hydrogen-bond donors (Lipinski definition) is 2. The van der Waals surface area contributed by atoms with Crippen LogP contribution in [0.5, 0.6) is 0 Å². The SMILES string of the molecule is CC(CO)C(C)NC(=O)CSc1ccc(Br)cc1. The van der Waals surface area contributed by atoms with Crippen molar-refractivity contribution in [2.75, 3.05) is 12.4 Å². The maximum atomic E-state index is 11.7. The molecule has 1 amide bonds. The van der Waals surface area contributed by atoms with Crippen LogP contribution in [0.4, 0.5) is 0 Å². The van der Waals surface area contributed by atoms with Crippen LogP contribution in [0.1, 0.15) is 13.8 Å². The number of nitrogens with one attached hydrogen (secondary N) is 1. The Labute approximate surface area is 120 Å². The van der Waals surface area contributed by atoms with Gasteiger partial charge in [-0.1, -0.05) is 22.9 Å². The lowest BCUT2D eigenvalue weighted by Crippen LogP contribution is -2.39. The number of aliphatic hydroxyl groups is 1. The summed E-state index contributed by atoms with van der Waals surface area (Å²) in [4.78, 5) is 12.8. The predicted molar refractivity (Wildman–Crippen MR) is 78.7 cm³/mol. The molecule has 0 aliphatic carbocycles.